The summed E-state index contributed by atoms with van der Waals surface area (Å²) in [5, 5.41) is 2.48. The largest absolute Gasteiger partial charge is 0.493 e. The first kappa shape index (κ1) is 19.2. The lowest BCUT2D eigenvalue weighted by Gasteiger charge is -2.46. The molecule has 0 saturated carbocycles. The zero-order valence-electron chi connectivity index (χ0n) is 18.2. The fourth-order valence-electron chi connectivity index (χ4n) is 5.26. The van der Waals surface area contributed by atoms with E-state index in [2.05, 4.69) is 83.8 Å². The molecule has 0 aromatic heterocycles. The van der Waals surface area contributed by atoms with Gasteiger partial charge in [-0.3, -0.25) is 4.90 Å². The van der Waals surface area contributed by atoms with E-state index in [0.717, 1.165) is 35.8 Å². The maximum atomic E-state index is 6.72. The van der Waals surface area contributed by atoms with Gasteiger partial charge in [0.25, 0.3) is 0 Å². The van der Waals surface area contributed by atoms with E-state index in [4.69, 9.17) is 14.2 Å². The summed E-state index contributed by atoms with van der Waals surface area (Å²) in [5.41, 5.74) is 4.92. The minimum absolute atomic E-state index is 0.109. The molecule has 32 heavy (non-hydrogen) atoms. The lowest BCUT2D eigenvalue weighted by atomic mass is 9.86. The molecule has 4 heteroatoms. The number of methoxy groups -OCH3 is 2. The van der Waals surface area contributed by atoms with E-state index in [-0.39, 0.29) is 12.3 Å². The van der Waals surface area contributed by atoms with Crippen LogP contribution in [0, 0.1) is 0 Å². The Morgan fingerprint density at radius 1 is 0.844 bits per heavy atom. The Hall–Kier alpha value is -3.50. The second-order valence-corrected chi connectivity index (χ2v) is 8.38. The molecule has 2 heterocycles. The van der Waals surface area contributed by atoms with Gasteiger partial charge < -0.3 is 14.2 Å². The highest BCUT2D eigenvalue weighted by atomic mass is 16.5. The Kier molecular flexibility index (Phi) is 4.54. The highest BCUT2D eigenvalue weighted by molar-refractivity contribution is 5.89. The van der Waals surface area contributed by atoms with Crippen molar-refractivity contribution in [2.45, 2.75) is 18.7 Å². The van der Waals surface area contributed by atoms with E-state index < -0.39 is 0 Å². The Morgan fingerprint density at radius 3 is 2.41 bits per heavy atom. The Balaban J connectivity index is 1.58. The third kappa shape index (κ3) is 2.87. The Bertz CT molecular complexity index is 1300. The number of hydrogen-bond acceptors (Lipinski definition) is 4. The van der Waals surface area contributed by atoms with E-state index in [1.165, 1.54) is 27.5 Å². The predicted octanol–water partition coefficient (Wildman–Crippen LogP) is 5.90. The molecule has 2 atom stereocenters. The zero-order chi connectivity index (χ0) is 21.7. The molecule has 0 saturated heterocycles. The summed E-state index contributed by atoms with van der Waals surface area (Å²) in [5.74, 6) is 2.44. The van der Waals surface area contributed by atoms with Crippen molar-refractivity contribution in [3.05, 3.63) is 101 Å². The summed E-state index contributed by atoms with van der Waals surface area (Å²) in [7, 11) is 3.37. The molecule has 0 radical (unpaired) electrons. The van der Waals surface area contributed by atoms with Crippen molar-refractivity contribution in [2.24, 2.45) is 0 Å². The van der Waals surface area contributed by atoms with Crippen molar-refractivity contribution in [1.82, 2.24) is 4.90 Å². The van der Waals surface area contributed by atoms with Crippen LogP contribution < -0.4 is 14.2 Å². The van der Waals surface area contributed by atoms with Gasteiger partial charge in [0.05, 0.1) is 20.3 Å². The van der Waals surface area contributed by atoms with Crippen LogP contribution in [0.15, 0.2) is 78.9 Å². The predicted molar refractivity (Wildman–Crippen MR) is 126 cm³/mol. The van der Waals surface area contributed by atoms with E-state index in [1.54, 1.807) is 14.2 Å². The van der Waals surface area contributed by atoms with Crippen LogP contribution in [-0.2, 0) is 6.42 Å². The highest BCUT2D eigenvalue weighted by Crippen LogP contribution is 2.51. The van der Waals surface area contributed by atoms with Gasteiger partial charge in [0, 0.05) is 17.7 Å². The maximum Gasteiger partial charge on any atom is 0.180 e. The monoisotopic (exact) mass is 423 g/mol. The van der Waals surface area contributed by atoms with Crippen LogP contribution in [0.4, 0.5) is 0 Å². The number of hydrogen-bond donors (Lipinski definition) is 0. The van der Waals surface area contributed by atoms with E-state index in [9.17, 15) is 0 Å². The summed E-state index contributed by atoms with van der Waals surface area (Å²) in [6.07, 6.45) is 0.747. The van der Waals surface area contributed by atoms with Crippen molar-refractivity contribution in [3.63, 3.8) is 0 Å². The summed E-state index contributed by atoms with van der Waals surface area (Å²) in [6, 6.07) is 27.9. The van der Waals surface area contributed by atoms with Gasteiger partial charge in [-0.2, -0.15) is 0 Å². The third-order valence-electron chi connectivity index (χ3n) is 6.74. The van der Waals surface area contributed by atoms with Crippen LogP contribution in [0.25, 0.3) is 10.8 Å². The van der Waals surface area contributed by atoms with Crippen molar-refractivity contribution in [2.75, 3.05) is 20.8 Å². The second kappa shape index (κ2) is 7.57. The summed E-state index contributed by atoms with van der Waals surface area (Å²) in [6.45, 7) is 0.898. The fourth-order valence-corrected chi connectivity index (χ4v) is 5.26. The first-order valence-electron chi connectivity index (χ1n) is 11.0. The molecule has 6 rings (SSSR count). The summed E-state index contributed by atoms with van der Waals surface area (Å²) >= 11 is 0. The average Bonchev–Trinajstić information content (AvgIpc) is 2.86. The van der Waals surface area contributed by atoms with Crippen molar-refractivity contribution < 1.29 is 14.2 Å². The van der Waals surface area contributed by atoms with Crippen LogP contribution in [0.1, 0.15) is 34.5 Å². The molecule has 4 aromatic carbocycles. The molecule has 0 bridgehead atoms. The van der Waals surface area contributed by atoms with Crippen molar-refractivity contribution in [3.8, 4) is 17.2 Å². The van der Waals surface area contributed by atoms with Crippen LogP contribution >= 0.6 is 0 Å². The van der Waals surface area contributed by atoms with E-state index in [0.29, 0.717) is 0 Å². The lowest BCUT2D eigenvalue weighted by Crippen LogP contribution is -2.44. The molecule has 0 N–H and O–H groups in total. The molecular formula is C28H25NO3. The van der Waals surface area contributed by atoms with Gasteiger partial charge in [0.1, 0.15) is 5.75 Å². The summed E-state index contributed by atoms with van der Waals surface area (Å²) in [4.78, 5) is 2.48. The number of rotatable bonds is 3. The number of benzene rings is 4. The lowest BCUT2D eigenvalue weighted by molar-refractivity contribution is -0.0262. The standard InChI is InChI=1S/C28H25NO3/c1-30-24-16-20-14-15-29-27(19-9-4-3-5-10-19)26-21-11-7-6-8-18(21)12-13-23(26)32-28(29)22(20)17-25(24)31-2/h3-13,16-17,27-28H,14-15H2,1-2H3. The molecule has 0 amide bonds. The second-order valence-electron chi connectivity index (χ2n) is 8.38. The molecule has 4 nitrogen and oxygen atoms in total. The molecule has 0 spiro atoms. The normalized spacial score (nSPS) is 19.4. The van der Waals surface area contributed by atoms with E-state index in [1.807, 2.05) is 0 Å². The molecule has 2 aliphatic heterocycles. The minimum atomic E-state index is -0.183. The van der Waals surface area contributed by atoms with Gasteiger partial charge in [-0.15, -0.1) is 0 Å². The maximum absolute atomic E-state index is 6.72. The van der Waals surface area contributed by atoms with E-state index >= 15 is 0 Å². The molecular weight excluding hydrogens is 398 g/mol. The van der Waals surface area contributed by atoms with Crippen LogP contribution in [0.5, 0.6) is 17.2 Å². The molecule has 4 aromatic rings. The molecule has 160 valence electrons. The first-order valence-corrected chi connectivity index (χ1v) is 11.0. The van der Waals surface area contributed by atoms with Crippen LogP contribution in [-0.4, -0.2) is 25.7 Å². The topological polar surface area (TPSA) is 30.9 Å². The smallest absolute Gasteiger partial charge is 0.180 e. The minimum Gasteiger partial charge on any atom is -0.493 e. The first-order chi connectivity index (χ1) is 15.8. The van der Waals surface area contributed by atoms with Gasteiger partial charge in [-0.25, -0.2) is 0 Å². The van der Waals surface area contributed by atoms with Crippen molar-refractivity contribution >= 4 is 10.8 Å². The Labute approximate surface area is 188 Å². The Morgan fingerprint density at radius 2 is 1.59 bits per heavy atom. The fraction of sp³-hybridized carbons (Fsp3) is 0.214. The molecule has 2 unspecified atom stereocenters. The van der Waals surface area contributed by atoms with Gasteiger partial charge in [-0.1, -0.05) is 60.7 Å². The van der Waals surface area contributed by atoms with Gasteiger partial charge >= 0.3 is 0 Å². The zero-order valence-corrected chi connectivity index (χ0v) is 18.2. The van der Waals surface area contributed by atoms with Crippen LogP contribution in [0.2, 0.25) is 0 Å². The van der Waals surface area contributed by atoms with Gasteiger partial charge in [-0.05, 0) is 46.5 Å². The third-order valence-corrected chi connectivity index (χ3v) is 6.74. The highest BCUT2D eigenvalue weighted by Gasteiger charge is 2.41. The van der Waals surface area contributed by atoms with Crippen LogP contribution in [0.3, 0.4) is 0 Å². The van der Waals surface area contributed by atoms with Gasteiger partial charge in [0.2, 0.25) is 0 Å². The summed E-state index contributed by atoms with van der Waals surface area (Å²) < 4.78 is 17.9. The quantitative estimate of drug-likeness (QED) is 0.411. The molecule has 2 aliphatic rings. The molecule has 0 fully saturated rings. The number of fused-ring (bicyclic) bond motifs is 6. The molecule has 0 aliphatic carbocycles. The SMILES string of the molecule is COc1cc2c(cc1OC)C1Oc3ccc4ccccc4c3C(c3ccccc3)N1CC2. The van der Waals surface area contributed by atoms with Crippen molar-refractivity contribution in [1.29, 1.82) is 0 Å². The average molecular weight is 424 g/mol. The number of ether oxygens (including phenoxy) is 3. The number of nitrogens with zero attached hydrogens (tertiary/aromatic N) is 1. The van der Waals surface area contributed by atoms with Gasteiger partial charge in [0.15, 0.2) is 17.7 Å².